The maximum atomic E-state index is 14.4. The molecule has 0 aliphatic carbocycles. The molecular formula is C23H20F3N3O2. The van der Waals surface area contributed by atoms with Gasteiger partial charge in [0.05, 0.1) is 23.4 Å². The predicted molar refractivity (Wildman–Crippen MR) is 105 cm³/mol. The van der Waals surface area contributed by atoms with Crippen LogP contribution >= 0.6 is 0 Å². The quantitative estimate of drug-likeness (QED) is 0.726. The summed E-state index contributed by atoms with van der Waals surface area (Å²) < 4.78 is 48.1. The summed E-state index contributed by atoms with van der Waals surface area (Å²) >= 11 is 0. The molecule has 5 rings (SSSR count). The van der Waals surface area contributed by atoms with Crippen molar-refractivity contribution in [2.45, 2.75) is 43.6 Å². The number of amides is 1. The number of piperidine rings is 1. The average Bonchev–Trinajstić information content (AvgIpc) is 3.26. The molecule has 3 saturated heterocycles. The van der Waals surface area contributed by atoms with Gasteiger partial charge >= 0.3 is 0 Å². The zero-order chi connectivity index (χ0) is 21.8. The van der Waals surface area contributed by atoms with Crippen LogP contribution in [-0.2, 0) is 9.53 Å². The third-order valence-corrected chi connectivity index (χ3v) is 6.58. The maximum absolute atomic E-state index is 14.4. The molecule has 8 heteroatoms. The van der Waals surface area contributed by atoms with Gasteiger partial charge in [-0.25, -0.2) is 13.2 Å². The Kier molecular flexibility index (Phi) is 4.67. The van der Waals surface area contributed by atoms with Gasteiger partial charge in [0.2, 0.25) is 0 Å². The van der Waals surface area contributed by atoms with Crippen LogP contribution in [0, 0.1) is 28.8 Å². The third-order valence-electron chi connectivity index (χ3n) is 6.58. The Labute approximate surface area is 177 Å². The highest BCUT2D eigenvalue weighted by Crippen LogP contribution is 2.48. The molecule has 1 spiro atoms. The van der Waals surface area contributed by atoms with E-state index in [1.54, 1.807) is 17.0 Å². The third kappa shape index (κ3) is 3.24. The lowest BCUT2D eigenvalue weighted by atomic mass is 9.89. The Morgan fingerprint density at radius 2 is 1.74 bits per heavy atom. The van der Waals surface area contributed by atoms with Gasteiger partial charge in [0, 0.05) is 32.0 Å². The van der Waals surface area contributed by atoms with Crippen LogP contribution in [0.5, 0.6) is 0 Å². The summed E-state index contributed by atoms with van der Waals surface area (Å²) in [4.78, 5) is 16.9. The standard InChI is InChI=1S/C23H20F3N3O2/c24-16-10-15(11-17(25)12-16)19-3-4-21-29(19)22(30)23(31-21)5-7-28(8-6-23)20-2-1-14(13-27)9-18(20)26/h1-2,9-12,19,21H,3-8H2. The topological polar surface area (TPSA) is 56.6 Å². The first-order valence-electron chi connectivity index (χ1n) is 10.3. The van der Waals surface area contributed by atoms with Gasteiger partial charge in [-0.2, -0.15) is 5.26 Å². The van der Waals surface area contributed by atoms with E-state index >= 15 is 0 Å². The summed E-state index contributed by atoms with van der Waals surface area (Å²) in [5.74, 6) is -1.97. The average molecular weight is 427 g/mol. The van der Waals surface area contributed by atoms with Crippen molar-refractivity contribution in [2.24, 2.45) is 0 Å². The number of hydrogen-bond donors (Lipinski definition) is 0. The number of carbonyl (C=O) groups excluding carboxylic acids is 1. The van der Waals surface area contributed by atoms with Gasteiger partial charge in [0.1, 0.15) is 23.7 Å². The fourth-order valence-corrected chi connectivity index (χ4v) is 5.08. The predicted octanol–water partition coefficient (Wildman–Crippen LogP) is 4.03. The van der Waals surface area contributed by atoms with E-state index < -0.39 is 35.3 Å². The summed E-state index contributed by atoms with van der Waals surface area (Å²) in [5, 5.41) is 8.91. The molecule has 3 aliphatic heterocycles. The van der Waals surface area contributed by atoms with E-state index in [9.17, 15) is 18.0 Å². The number of ether oxygens (including phenoxy) is 1. The minimum atomic E-state index is -0.991. The van der Waals surface area contributed by atoms with Crippen molar-refractivity contribution in [3.05, 3.63) is 65.0 Å². The van der Waals surface area contributed by atoms with Gasteiger partial charge in [-0.3, -0.25) is 4.79 Å². The summed E-state index contributed by atoms with van der Waals surface area (Å²) in [5.41, 5.74) is 0.0953. The summed E-state index contributed by atoms with van der Waals surface area (Å²) in [6.07, 6.45) is 1.55. The zero-order valence-electron chi connectivity index (χ0n) is 16.7. The Bertz CT molecular complexity index is 1070. The van der Waals surface area contributed by atoms with Crippen LogP contribution in [0.3, 0.4) is 0 Å². The molecule has 5 nitrogen and oxygen atoms in total. The van der Waals surface area contributed by atoms with Crippen molar-refractivity contribution < 1.29 is 22.7 Å². The SMILES string of the molecule is N#Cc1ccc(N2CCC3(CC2)OC2CCC(c4cc(F)cc(F)c4)N2C3=O)c(F)c1. The molecule has 1 amide bonds. The summed E-state index contributed by atoms with van der Waals surface area (Å²) in [7, 11) is 0. The van der Waals surface area contributed by atoms with E-state index in [-0.39, 0.29) is 11.5 Å². The molecule has 31 heavy (non-hydrogen) atoms. The van der Waals surface area contributed by atoms with Crippen molar-refractivity contribution in [3.63, 3.8) is 0 Å². The lowest BCUT2D eigenvalue weighted by Crippen LogP contribution is -2.50. The number of anilines is 1. The second-order valence-corrected chi connectivity index (χ2v) is 8.34. The van der Waals surface area contributed by atoms with Gasteiger partial charge in [-0.15, -0.1) is 0 Å². The van der Waals surface area contributed by atoms with E-state index in [1.807, 2.05) is 11.0 Å². The molecule has 2 atom stereocenters. The van der Waals surface area contributed by atoms with Gasteiger partial charge in [-0.1, -0.05) is 0 Å². The number of halogens is 3. The largest absolute Gasteiger partial charge is 0.369 e. The normalized spacial score (nSPS) is 24.5. The Hall–Kier alpha value is -3.05. The van der Waals surface area contributed by atoms with Crippen molar-refractivity contribution in [1.29, 1.82) is 5.26 Å². The first kappa shape index (κ1) is 19.9. The molecule has 2 aromatic carbocycles. The van der Waals surface area contributed by atoms with Crippen LogP contribution < -0.4 is 4.90 Å². The number of benzene rings is 2. The molecule has 3 aliphatic rings. The second-order valence-electron chi connectivity index (χ2n) is 8.34. The van der Waals surface area contributed by atoms with Crippen LogP contribution in [0.15, 0.2) is 36.4 Å². The molecule has 0 saturated carbocycles. The van der Waals surface area contributed by atoms with E-state index in [0.717, 1.165) is 6.07 Å². The molecule has 0 bridgehead atoms. The minimum Gasteiger partial charge on any atom is -0.369 e. The second kappa shape index (κ2) is 7.27. The highest BCUT2D eigenvalue weighted by Gasteiger charge is 2.58. The number of hydrogen-bond acceptors (Lipinski definition) is 4. The van der Waals surface area contributed by atoms with Crippen LogP contribution in [0.2, 0.25) is 0 Å². The number of rotatable bonds is 2. The molecule has 160 valence electrons. The maximum Gasteiger partial charge on any atom is 0.257 e. The van der Waals surface area contributed by atoms with Crippen LogP contribution in [0.25, 0.3) is 0 Å². The summed E-state index contributed by atoms with van der Waals surface area (Å²) in [6, 6.07) is 9.20. The molecule has 2 aromatic rings. The van der Waals surface area contributed by atoms with E-state index in [0.29, 0.717) is 50.0 Å². The molecule has 3 fully saturated rings. The molecule has 3 heterocycles. The van der Waals surface area contributed by atoms with E-state index in [4.69, 9.17) is 10.00 Å². The molecule has 0 aromatic heterocycles. The molecule has 0 N–H and O–H groups in total. The highest BCUT2D eigenvalue weighted by molar-refractivity contribution is 5.88. The monoisotopic (exact) mass is 427 g/mol. The van der Waals surface area contributed by atoms with Gasteiger partial charge in [0.25, 0.3) is 5.91 Å². The van der Waals surface area contributed by atoms with Crippen LogP contribution in [-0.4, -0.2) is 35.7 Å². The Balaban J connectivity index is 1.34. The fourth-order valence-electron chi connectivity index (χ4n) is 5.08. The Morgan fingerprint density at radius 3 is 2.39 bits per heavy atom. The fraction of sp³-hybridized carbons (Fsp3) is 0.391. The van der Waals surface area contributed by atoms with Crippen LogP contribution in [0.4, 0.5) is 18.9 Å². The van der Waals surface area contributed by atoms with Gasteiger partial charge in [0.15, 0.2) is 5.60 Å². The van der Waals surface area contributed by atoms with Crippen molar-refractivity contribution in [2.75, 3.05) is 18.0 Å². The molecular weight excluding hydrogens is 407 g/mol. The van der Waals surface area contributed by atoms with E-state index in [2.05, 4.69) is 0 Å². The number of nitrogens with zero attached hydrogens (tertiary/aromatic N) is 3. The lowest BCUT2D eigenvalue weighted by molar-refractivity contribution is -0.140. The van der Waals surface area contributed by atoms with Crippen molar-refractivity contribution >= 4 is 11.6 Å². The lowest BCUT2D eigenvalue weighted by Gasteiger charge is -2.38. The smallest absolute Gasteiger partial charge is 0.257 e. The number of carbonyl (C=O) groups is 1. The van der Waals surface area contributed by atoms with Crippen LogP contribution in [0.1, 0.15) is 42.9 Å². The van der Waals surface area contributed by atoms with Crippen molar-refractivity contribution in [3.8, 4) is 6.07 Å². The molecule has 0 radical (unpaired) electrons. The zero-order valence-corrected chi connectivity index (χ0v) is 16.7. The highest BCUT2D eigenvalue weighted by atomic mass is 19.1. The first-order valence-corrected chi connectivity index (χ1v) is 10.3. The number of nitriles is 1. The van der Waals surface area contributed by atoms with Gasteiger partial charge in [-0.05, 0) is 48.7 Å². The minimum absolute atomic E-state index is 0.162. The number of fused-ring (bicyclic) bond motifs is 1. The first-order chi connectivity index (χ1) is 14.9. The van der Waals surface area contributed by atoms with Gasteiger partial charge < -0.3 is 14.5 Å². The Morgan fingerprint density at radius 1 is 1.03 bits per heavy atom. The van der Waals surface area contributed by atoms with E-state index in [1.165, 1.54) is 18.2 Å². The molecule has 2 unspecified atom stereocenters. The summed E-state index contributed by atoms with van der Waals surface area (Å²) in [6.45, 7) is 0.850. The van der Waals surface area contributed by atoms with Crippen molar-refractivity contribution in [1.82, 2.24) is 4.90 Å².